The van der Waals surface area contributed by atoms with Crippen LogP contribution in [0.5, 0.6) is 5.75 Å². The van der Waals surface area contributed by atoms with Crippen molar-refractivity contribution in [2.75, 3.05) is 14.2 Å². The van der Waals surface area contributed by atoms with Gasteiger partial charge in [0.15, 0.2) is 0 Å². The van der Waals surface area contributed by atoms with Crippen LogP contribution in [0.1, 0.15) is 18.1 Å². The summed E-state index contributed by atoms with van der Waals surface area (Å²) >= 11 is 1.66. The number of ether oxygens (including phenoxy) is 1. The molecule has 0 aliphatic rings. The summed E-state index contributed by atoms with van der Waals surface area (Å²) in [5.74, 6) is 1.80. The van der Waals surface area contributed by atoms with Crippen LogP contribution in [0, 0.1) is 0 Å². The average Bonchev–Trinajstić information content (AvgIpc) is 2.60. The molecule has 0 heterocycles. The first-order valence-electron chi connectivity index (χ1n) is 7.64. The van der Waals surface area contributed by atoms with Crippen LogP contribution in [0.15, 0.2) is 54.6 Å². The van der Waals surface area contributed by atoms with Crippen LogP contribution in [0.2, 0.25) is 0 Å². The molecule has 0 aromatic heterocycles. The number of nitrogens with zero attached hydrogens (tertiary/aromatic N) is 1. The number of rotatable bonds is 7. The third-order valence-corrected chi connectivity index (χ3v) is 4.87. The van der Waals surface area contributed by atoms with Crippen molar-refractivity contribution in [1.82, 2.24) is 4.90 Å². The van der Waals surface area contributed by atoms with E-state index in [1.165, 1.54) is 5.56 Å². The van der Waals surface area contributed by atoms with Crippen molar-refractivity contribution in [2.45, 2.75) is 24.5 Å². The molecule has 0 aliphatic heterocycles. The Kier molecular flexibility index (Phi) is 6.53. The van der Waals surface area contributed by atoms with Crippen LogP contribution >= 0.6 is 11.8 Å². The van der Waals surface area contributed by atoms with Crippen molar-refractivity contribution >= 4 is 17.7 Å². The van der Waals surface area contributed by atoms with Gasteiger partial charge in [0.1, 0.15) is 5.75 Å². The van der Waals surface area contributed by atoms with Gasteiger partial charge in [0.05, 0.1) is 12.4 Å². The third-order valence-electron chi connectivity index (χ3n) is 3.67. The lowest BCUT2D eigenvalue weighted by Crippen LogP contribution is -2.33. The van der Waals surface area contributed by atoms with E-state index in [2.05, 4.69) is 12.1 Å². The van der Waals surface area contributed by atoms with Crippen molar-refractivity contribution in [3.8, 4) is 5.75 Å². The van der Waals surface area contributed by atoms with Crippen LogP contribution in [-0.2, 0) is 17.1 Å². The van der Waals surface area contributed by atoms with Crippen molar-refractivity contribution in [3.63, 3.8) is 0 Å². The molecule has 1 atom stereocenters. The Labute approximate surface area is 142 Å². The lowest BCUT2D eigenvalue weighted by atomic mass is 10.2. The number of hydrogen-bond donors (Lipinski definition) is 0. The second kappa shape index (κ2) is 8.63. The monoisotopic (exact) mass is 329 g/mol. The van der Waals surface area contributed by atoms with Gasteiger partial charge in [-0.15, -0.1) is 11.8 Å². The number of benzene rings is 2. The highest BCUT2D eigenvalue weighted by Crippen LogP contribution is 2.22. The summed E-state index contributed by atoms with van der Waals surface area (Å²) in [6, 6.07) is 18.0. The zero-order chi connectivity index (χ0) is 16.7. The molecule has 0 saturated carbocycles. The zero-order valence-electron chi connectivity index (χ0n) is 13.9. The molecular formula is C19H23NO2S. The van der Waals surface area contributed by atoms with Gasteiger partial charge in [-0.2, -0.15) is 0 Å². The zero-order valence-corrected chi connectivity index (χ0v) is 14.7. The van der Waals surface area contributed by atoms with Crippen LogP contribution in [0.4, 0.5) is 0 Å². The molecule has 1 amide bonds. The summed E-state index contributed by atoms with van der Waals surface area (Å²) in [6.45, 7) is 2.52. The van der Waals surface area contributed by atoms with E-state index in [1.807, 2.05) is 56.4 Å². The third kappa shape index (κ3) is 5.03. The van der Waals surface area contributed by atoms with Crippen molar-refractivity contribution in [1.29, 1.82) is 0 Å². The molecule has 2 aromatic carbocycles. The molecule has 0 aliphatic carbocycles. The predicted molar refractivity (Wildman–Crippen MR) is 96.7 cm³/mol. The van der Waals surface area contributed by atoms with E-state index in [1.54, 1.807) is 23.8 Å². The largest absolute Gasteiger partial charge is 0.496 e. The fourth-order valence-corrected chi connectivity index (χ4v) is 3.30. The maximum absolute atomic E-state index is 12.5. The lowest BCUT2D eigenvalue weighted by Gasteiger charge is -2.22. The number of carbonyl (C=O) groups excluding carboxylic acids is 1. The number of para-hydroxylation sites is 1. The summed E-state index contributed by atoms with van der Waals surface area (Å²) in [5, 5.41) is -0.0742. The summed E-state index contributed by atoms with van der Waals surface area (Å²) < 4.78 is 5.35. The van der Waals surface area contributed by atoms with Gasteiger partial charge in [-0.25, -0.2) is 0 Å². The standard InChI is InChI=1S/C19H23NO2S/c1-15(23-14-16-9-5-4-6-10-16)19(21)20(2)13-17-11-7-8-12-18(17)22-3/h4-12,15H,13-14H2,1-3H3/t15-/m1/s1. The Morgan fingerprint density at radius 2 is 1.78 bits per heavy atom. The summed E-state index contributed by atoms with van der Waals surface area (Å²) in [6.07, 6.45) is 0. The topological polar surface area (TPSA) is 29.5 Å². The number of amides is 1. The number of thioether (sulfide) groups is 1. The van der Waals surface area contributed by atoms with E-state index in [9.17, 15) is 4.79 Å². The van der Waals surface area contributed by atoms with Crippen LogP contribution in [0.25, 0.3) is 0 Å². The highest BCUT2D eigenvalue weighted by atomic mass is 32.2. The average molecular weight is 329 g/mol. The first kappa shape index (κ1) is 17.4. The smallest absolute Gasteiger partial charge is 0.235 e. The van der Waals surface area contributed by atoms with Gasteiger partial charge < -0.3 is 9.64 Å². The van der Waals surface area contributed by atoms with E-state index in [-0.39, 0.29) is 11.2 Å². The molecule has 0 saturated heterocycles. The SMILES string of the molecule is COc1ccccc1CN(C)C(=O)[C@@H](C)SCc1ccccc1. The second-order valence-corrected chi connectivity index (χ2v) is 6.77. The van der Waals surface area contributed by atoms with Gasteiger partial charge in [0, 0.05) is 24.9 Å². The van der Waals surface area contributed by atoms with Crippen LogP contribution in [0.3, 0.4) is 0 Å². The molecule has 0 fully saturated rings. The maximum atomic E-state index is 12.5. The minimum Gasteiger partial charge on any atom is -0.496 e. The van der Waals surface area contributed by atoms with E-state index in [0.717, 1.165) is 17.1 Å². The Bertz CT molecular complexity index is 630. The number of methoxy groups -OCH3 is 1. The summed E-state index contributed by atoms with van der Waals surface area (Å²) in [7, 11) is 3.49. The van der Waals surface area contributed by atoms with E-state index in [4.69, 9.17) is 4.74 Å². The van der Waals surface area contributed by atoms with Gasteiger partial charge >= 0.3 is 0 Å². The van der Waals surface area contributed by atoms with E-state index in [0.29, 0.717) is 6.54 Å². The molecule has 122 valence electrons. The Morgan fingerprint density at radius 3 is 2.48 bits per heavy atom. The minimum atomic E-state index is -0.0742. The molecule has 2 aromatic rings. The van der Waals surface area contributed by atoms with Crippen molar-refractivity contribution in [3.05, 3.63) is 65.7 Å². The normalized spacial score (nSPS) is 11.8. The maximum Gasteiger partial charge on any atom is 0.235 e. The highest BCUT2D eigenvalue weighted by Gasteiger charge is 2.19. The van der Waals surface area contributed by atoms with Crippen LogP contribution < -0.4 is 4.74 Å². The molecule has 3 nitrogen and oxygen atoms in total. The molecule has 0 radical (unpaired) electrons. The van der Waals surface area contributed by atoms with Gasteiger partial charge in [0.25, 0.3) is 0 Å². The second-order valence-electron chi connectivity index (χ2n) is 5.44. The van der Waals surface area contributed by atoms with Crippen molar-refractivity contribution in [2.24, 2.45) is 0 Å². The Balaban J connectivity index is 1.91. The molecule has 4 heteroatoms. The summed E-state index contributed by atoms with van der Waals surface area (Å²) in [4.78, 5) is 14.3. The van der Waals surface area contributed by atoms with Crippen molar-refractivity contribution < 1.29 is 9.53 Å². The molecule has 2 rings (SSSR count). The molecule has 0 N–H and O–H groups in total. The van der Waals surface area contributed by atoms with E-state index >= 15 is 0 Å². The lowest BCUT2D eigenvalue weighted by molar-refractivity contribution is -0.129. The quantitative estimate of drug-likeness (QED) is 0.769. The Hall–Kier alpha value is -1.94. The van der Waals surface area contributed by atoms with Gasteiger partial charge in [0.2, 0.25) is 5.91 Å². The van der Waals surface area contributed by atoms with Gasteiger partial charge in [-0.3, -0.25) is 4.79 Å². The first-order chi connectivity index (χ1) is 11.1. The molecular weight excluding hydrogens is 306 g/mol. The first-order valence-corrected chi connectivity index (χ1v) is 8.69. The molecule has 0 bridgehead atoms. The van der Waals surface area contributed by atoms with Gasteiger partial charge in [-0.1, -0.05) is 48.5 Å². The summed E-state index contributed by atoms with van der Waals surface area (Å²) in [5.41, 5.74) is 2.26. The van der Waals surface area contributed by atoms with E-state index < -0.39 is 0 Å². The minimum absolute atomic E-state index is 0.0742. The fraction of sp³-hybridized carbons (Fsp3) is 0.316. The fourth-order valence-electron chi connectivity index (χ4n) is 2.34. The van der Waals surface area contributed by atoms with Crippen LogP contribution in [-0.4, -0.2) is 30.2 Å². The highest BCUT2D eigenvalue weighted by molar-refractivity contribution is 7.99. The molecule has 23 heavy (non-hydrogen) atoms. The Morgan fingerprint density at radius 1 is 1.13 bits per heavy atom. The predicted octanol–water partition coefficient (Wildman–Crippen LogP) is 3.98. The number of hydrogen-bond acceptors (Lipinski definition) is 3. The van der Waals surface area contributed by atoms with Gasteiger partial charge in [-0.05, 0) is 18.6 Å². The molecule has 0 spiro atoms. The number of carbonyl (C=O) groups is 1. The molecule has 0 unspecified atom stereocenters.